The third kappa shape index (κ3) is 3.46. The molecule has 0 unspecified atom stereocenters. The van der Waals surface area contributed by atoms with Crippen molar-refractivity contribution in [2.45, 2.75) is 75.4 Å². The van der Waals surface area contributed by atoms with Crippen LogP contribution < -0.4 is 0 Å². The molecule has 12 heteroatoms. The van der Waals surface area contributed by atoms with Crippen molar-refractivity contribution in [2.24, 2.45) is 10.8 Å². The number of benzene rings is 1. The maximum Gasteiger partial charge on any atom is 0.417 e. The van der Waals surface area contributed by atoms with Crippen molar-refractivity contribution < 1.29 is 23.1 Å². The maximum absolute atomic E-state index is 13.3. The molecule has 3 saturated carbocycles. The molecule has 2 aromatic rings. The second-order valence-corrected chi connectivity index (χ2v) is 12.5. The molecule has 1 aromatic heterocycles. The first-order valence-electron chi connectivity index (χ1n) is 12.9. The van der Waals surface area contributed by atoms with E-state index in [1.165, 1.54) is 0 Å². The van der Waals surface area contributed by atoms with Gasteiger partial charge < -0.3 is 10.0 Å². The highest BCUT2D eigenvalue weighted by Gasteiger charge is 2.63. The number of aromatic nitrogens is 3. The fraction of sp³-hybridized carbons (Fsp3) is 0.615. The third-order valence-corrected chi connectivity index (χ3v) is 9.62. The van der Waals surface area contributed by atoms with Gasteiger partial charge in [-0.15, -0.1) is 10.2 Å². The summed E-state index contributed by atoms with van der Waals surface area (Å²) in [6.45, 7) is 2.03. The second kappa shape index (κ2) is 7.71. The Morgan fingerprint density at radius 1 is 1.13 bits per heavy atom. The van der Waals surface area contributed by atoms with Crippen molar-refractivity contribution >= 4 is 17.5 Å². The van der Waals surface area contributed by atoms with Crippen molar-refractivity contribution in [2.75, 3.05) is 13.1 Å². The summed E-state index contributed by atoms with van der Waals surface area (Å²) in [5.74, 6) is 1.58. The van der Waals surface area contributed by atoms with Crippen molar-refractivity contribution in [3.63, 3.8) is 0 Å². The zero-order chi connectivity index (χ0) is 26.7. The number of nitriles is 1. The van der Waals surface area contributed by atoms with E-state index in [4.69, 9.17) is 11.6 Å². The first-order chi connectivity index (χ1) is 17.9. The highest BCUT2D eigenvalue weighted by atomic mass is 35.5. The second-order valence-electron chi connectivity index (χ2n) is 12.0. The lowest BCUT2D eigenvalue weighted by Crippen LogP contribution is -2.64. The summed E-state index contributed by atoms with van der Waals surface area (Å²) in [6.07, 6.45) is -2.37. The minimum Gasteiger partial charge on any atom is -0.380 e. The predicted octanol–water partition coefficient (Wildman–Crippen LogP) is 3.70. The lowest BCUT2D eigenvalue weighted by atomic mass is 9.57. The number of likely N-dealkylation sites (tertiary alicyclic amines) is 1. The highest BCUT2D eigenvalue weighted by molar-refractivity contribution is 6.30. The van der Waals surface area contributed by atoms with E-state index in [1.54, 1.807) is 6.07 Å². The molecule has 7 rings (SSSR count). The zero-order valence-corrected chi connectivity index (χ0v) is 21.3. The first-order valence-corrected chi connectivity index (χ1v) is 13.3. The van der Waals surface area contributed by atoms with Gasteiger partial charge in [-0.25, -0.2) is 0 Å². The molecular weight excluding hydrogens is 521 g/mol. The standard InChI is InChI=1S/C26H26ClF3N6O2/c27-17-1-2-19-15(5-17)10-34(18-8-25(38,9-18)26(28,29)30)11-20-32-33-21(36(19)20)16-6-23(7-16)13-35(14-23)22(37)24(12-31)3-4-24/h1-2,5,16,18,38H,3-4,6-11,13-14H2. The van der Waals surface area contributed by atoms with E-state index in [-0.39, 0.29) is 30.1 Å². The number of alkyl halides is 3. The zero-order valence-electron chi connectivity index (χ0n) is 20.5. The molecule has 2 aliphatic heterocycles. The van der Waals surface area contributed by atoms with Crippen LogP contribution >= 0.6 is 11.6 Å². The molecule has 4 fully saturated rings. The number of halogens is 4. The smallest absolute Gasteiger partial charge is 0.380 e. The van der Waals surface area contributed by atoms with E-state index in [9.17, 15) is 28.3 Å². The fourth-order valence-corrected chi connectivity index (χ4v) is 7.11. The number of hydrogen-bond acceptors (Lipinski definition) is 6. The minimum absolute atomic E-state index is 0.0373. The summed E-state index contributed by atoms with van der Waals surface area (Å²) in [7, 11) is 0. The summed E-state index contributed by atoms with van der Waals surface area (Å²) in [5.41, 5.74) is -1.65. The van der Waals surface area contributed by atoms with Crippen LogP contribution in [-0.2, 0) is 17.9 Å². The molecule has 0 bridgehead atoms. The maximum atomic E-state index is 13.3. The Kier molecular flexibility index (Phi) is 4.94. The molecule has 3 aliphatic carbocycles. The van der Waals surface area contributed by atoms with Crippen LogP contribution in [0.2, 0.25) is 5.02 Å². The lowest BCUT2D eigenvalue weighted by molar-refractivity contribution is -0.300. The molecule has 5 aliphatic rings. The average Bonchev–Trinajstić information content (AvgIpc) is 3.52. The van der Waals surface area contributed by atoms with Gasteiger partial charge in [-0.3, -0.25) is 14.3 Å². The summed E-state index contributed by atoms with van der Waals surface area (Å²) in [5, 5.41) is 28.9. The Balaban J connectivity index is 1.11. The monoisotopic (exact) mass is 546 g/mol. The van der Waals surface area contributed by atoms with Gasteiger partial charge in [0.15, 0.2) is 11.4 Å². The number of rotatable bonds is 3. The molecule has 1 N–H and O–H groups in total. The quantitative estimate of drug-likeness (QED) is 0.630. The van der Waals surface area contributed by atoms with E-state index < -0.39 is 23.2 Å². The average molecular weight is 547 g/mol. The lowest BCUT2D eigenvalue weighted by Gasteiger charge is -2.59. The predicted molar refractivity (Wildman–Crippen MR) is 128 cm³/mol. The van der Waals surface area contributed by atoms with Crippen molar-refractivity contribution in [1.29, 1.82) is 5.26 Å². The Morgan fingerprint density at radius 3 is 2.47 bits per heavy atom. The van der Waals surface area contributed by atoms with Crippen LogP contribution in [-0.4, -0.2) is 66.5 Å². The number of hydrogen-bond donors (Lipinski definition) is 1. The van der Waals surface area contributed by atoms with E-state index in [2.05, 4.69) is 16.3 Å². The summed E-state index contributed by atoms with van der Waals surface area (Å²) in [4.78, 5) is 16.4. The Morgan fingerprint density at radius 2 is 1.84 bits per heavy atom. The highest BCUT2D eigenvalue weighted by Crippen LogP contribution is 2.58. The number of fused-ring (bicyclic) bond motifs is 3. The van der Waals surface area contributed by atoms with Gasteiger partial charge in [0.05, 0.1) is 18.3 Å². The van der Waals surface area contributed by atoms with Gasteiger partial charge in [-0.2, -0.15) is 18.4 Å². The van der Waals surface area contributed by atoms with Gasteiger partial charge in [-0.05, 0) is 49.4 Å². The minimum atomic E-state index is -4.65. The van der Waals surface area contributed by atoms with Crippen LogP contribution in [0.3, 0.4) is 0 Å². The van der Waals surface area contributed by atoms with Gasteiger partial charge >= 0.3 is 6.18 Å². The van der Waals surface area contributed by atoms with Crippen LogP contribution in [0.4, 0.5) is 13.2 Å². The van der Waals surface area contributed by atoms with Crippen LogP contribution in [0.1, 0.15) is 61.7 Å². The summed E-state index contributed by atoms with van der Waals surface area (Å²) >= 11 is 6.30. The number of aliphatic hydroxyl groups is 1. The van der Waals surface area contributed by atoms with Gasteiger partial charge in [-0.1, -0.05) is 11.6 Å². The molecule has 200 valence electrons. The Bertz CT molecular complexity index is 1380. The van der Waals surface area contributed by atoms with E-state index in [1.807, 2.05) is 26.5 Å². The fourth-order valence-electron chi connectivity index (χ4n) is 6.92. The van der Waals surface area contributed by atoms with Crippen molar-refractivity contribution in [1.82, 2.24) is 24.6 Å². The number of carbonyl (C=O) groups excluding carboxylic acids is 1. The summed E-state index contributed by atoms with van der Waals surface area (Å²) in [6, 6.07) is 7.27. The molecular formula is C26H26ClF3N6O2. The van der Waals surface area contributed by atoms with Crippen molar-refractivity contribution in [3.8, 4) is 11.8 Å². The van der Waals surface area contributed by atoms with Gasteiger partial charge in [0, 0.05) is 54.9 Å². The van der Waals surface area contributed by atoms with Crippen molar-refractivity contribution in [3.05, 3.63) is 40.4 Å². The van der Waals surface area contributed by atoms with E-state index in [0.29, 0.717) is 49.9 Å². The van der Waals surface area contributed by atoms with Gasteiger partial charge in [0.2, 0.25) is 5.91 Å². The molecule has 0 atom stereocenters. The van der Waals surface area contributed by atoms with Crippen LogP contribution in [0.15, 0.2) is 18.2 Å². The largest absolute Gasteiger partial charge is 0.417 e. The molecule has 0 radical (unpaired) electrons. The molecule has 1 saturated heterocycles. The van der Waals surface area contributed by atoms with Crippen LogP contribution in [0.25, 0.3) is 5.69 Å². The molecule has 1 aromatic carbocycles. The molecule has 8 nitrogen and oxygen atoms in total. The third-order valence-electron chi connectivity index (χ3n) is 9.38. The number of amides is 1. The van der Waals surface area contributed by atoms with E-state index >= 15 is 0 Å². The number of nitrogens with zero attached hydrogens (tertiary/aromatic N) is 6. The van der Waals surface area contributed by atoms with E-state index in [0.717, 1.165) is 29.9 Å². The topological polar surface area (TPSA) is 98.3 Å². The molecule has 1 spiro atoms. The Hall–Kier alpha value is -2.68. The number of carbonyl (C=O) groups is 1. The normalized spacial score (nSPS) is 29.3. The molecule has 38 heavy (non-hydrogen) atoms. The van der Waals surface area contributed by atoms with Gasteiger partial charge in [0.1, 0.15) is 11.2 Å². The first kappa shape index (κ1) is 24.4. The van der Waals surface area contributed by atoms with Gasteiger partial charge in [0.25, 0.3) is 0 Å². The van der Waals surface area contributed by atoms with Crippen LogP contribution in [0.5, 0.6) is 0 Å². The molecule has 3 heterocycles. The SMILES string of the molecule is N#CC1(C(=O)N2CC3(CC(c4nnc5n4-c4ccc(Cl)cc4CN(C4CC(O)(C(F)(F)F)C4)C5)C3)C2)CC1. The Labute approximate surface area is 222 Å². The van der Waals surface area contributed by atoms with Crippen LogP contribution in [0, 0.1) is 22.2 Å². The molecule has 1 amide bonds. The summed E-state index contributed by atoms with van der Waals surface area (Å²) < 4.78 is 41.8.